The third-order valence-electron chi connectivity index (χ3n) is 4.34. The average Bonchev–Trinajstić information content (AvgIpc) is 3.16. The number of hydrogen-bond acceptors (Lipinski definition) is 3. The molecule has 3 heterocycles. The molecule has 2 fully saturated rings. The second kappa shape index (κ2) is 5.37. The fourth-order valence-corrected chi connectivity index (χ4v) is 3.33. The lowest BCUT2D eigenvalue weighted by Crippen LogP contribution is -2.46. The maximum absolute atomic E-state index is 12.5. The number of furan rings is 1. The van der Waals surface area contributed by atoms with Crippen LogP contribution in [0.1, 0.15) is 48.9 Å². The largest absolute Gasteiger partial charge is 0.456 e. The van der Waals surface area contributed by atoms with E-state index in [1.165, 1.54) is 12.8 Å². The summed E-state index contributed by atoms with van der Waals surface area (Å²) in [6.07, 6.45) is 5.47. The molecule has 1 N–H and O–H groups in total. The van der Waals surface area contributed by atoms with E-state index in [1.54, 1.807) is 0 Å². The quantitative estimate of drug-likeness (QED) is 0.908. The molecule has 0 bridgehead atoms. The zero-order chi connectivity index (χ0) is 13.2. The van der Waals surface area contributed by atoms with Gasteiger partial charge in [-0.15, -0.1) is 0 Å². The van der Waals surface area contributed by atoms with Crippen molar-refractivity contribution in [2.75, 3.05) is 13.1 Å². The van der Waals surface area contributed by atoms with E-state index in [-0.39, 0.29) is 5.91 Å². The van der Waals surface area contributed by atoms with Crippen LogP contribution >= 0.6 is 0 Å². The van der Waals surface area contributed by atoms with Crippen molar-refractivity contribution in [1.29, 1.82) is 0 Å². The number of carbonyl (C=O) groups is 1. The van der Waals surface area contributed by atoms with Crippen LogP contribution < -0.4 is 5.32 Å². The highest BCUT2D eigenvalue weighted by Crippen LogP contribution is 2.26. The maximum Gasteiger partial charge on any atom is 0.289 e. The van der Waals surface area contributed by atoms with Gasteiger partial charge in [-0.3, -0.25) is 4.79 Å². The molecular weight excluding hydrogens is 240 g/mol. The topological polar surface area (TPSA) is 45.5 Å². The minimum absolute atomic E-state index is 0.0656. The van der Waals surface area contributed by atoms with Crippen molar-refractivity contribution < 1.29 is 9.21 Å². The number of nitrogens with one attached hydrogen (secondary N) is 1. The number of likely N-dealkylation sites (tertiary alicyclic amines) is 1. The highest BCUT2D eigenvalue weighted by molar-refractivity contribution is 5.92. The molecule has 2 unspecified atom stereocenters. The van der Waals surface area contributed by atoms with Crippen molar-refractivity contribution in [2.24, 2.45) is 0 Å². The van der Waals surface area contributed by atoms with E-state index in [2.05, 4.69) is 5.32 Å². The van der Waals surface area contributed by atoms with Gasteiger partial charge in [0.15, 0.2) is 5.76 Å². The zero-order valence-electron chi connectivity index (χ0n) is 11.5. The molecule has 1 amide bonds. The van der Waals surface area contributed by atoms with E-state index in [1.807, 2.05) is 24.0 Å². The van der Waals surface area contributed by atoms with Crippen LogP contribution in [0.25, 0.3) is 0 Å². The lowest BCUT2D eigenvalue weighted by atomic mass is 10.0. The van der Waals surface area contributed by atoms with Crippen molar-refractivity contribution >= 4 is 5.91 Å². The Balaban J connectivity index is 1.74. The molecule has 0 saturated carbocycles. The molecule has 19 heavy (non-hydrogen) atoms. The SMILES string of the molecule is CCc1ccc(C(=O)N2CCCC2C2CCCN2)o1. The molecule has 2 aliphatic rings. The van der Waals surface area contributed by atoms with E-state index in [4.69, 9.17) is 4.42 Å². The first-order valence-corrected chi connectivity index (χ1v) is 7.42. The Labute approximate surface area is 114 Å². The molecule has 2 saturated heterocycles. The van der Waals surface area contributed by atoms with Crippen LogP contribution in [0, 0.1) is 0 Å². The van der Waals surface area contributed by atoms with Gasteiger partial charge in [-0.1, -0.05) is 6.92 Å². The number of hydrogen-bond donors (Lipinski definition) is 1. The number of nitrogens with zero attached hydrogens (tertiary/aromatic N) is 1. The Hall–Kier alpha value is -1.29. The predicted molar refractivity (Wildman–Crippen MR) is 73.2 cm³/mol. The van der Waals surface area contributed by atoms with Gasteiger partial charge in [-0.2, -0.15) is 0 Å². The normalized spacial score (nSPS) is 27.1. The summed E-state index contributed by atoms with van der Waals surface area (Å²) >= 11 is 0. The Kier molecular flexibility index (Phi) is 3.60. The Morgan fingerprint density at radius 1 is 1.42 bits per heavy atom. The van der Waals surface area contributed by atoms with Crippen LogP contribution in [0.3, 0.4) is 0 Å². The number of aryl methyl sites for hydroxylation is 1. The molecule has 2 atom stereocenters. The summed E-state index contributed by atoms with van der Waals surface area (Å²) in [4.78, 5) is 14.6. The second-order valence-corrected chi connectivity index (χ2v) is 5.53. The van der Waals surface area contributed by atoms with E-state index >= 15 is 0 Å². The summed E-state index contributed by atoms with van der Waals surface area (Å²) in [5.74, 6) is 1.45. The first-order chi connectivity index (χ1) is 9.29. The highest BCUT2D eigenvalue weighted by atomic mass is 16.4. The summed E-state index contributed by atoms with van der Waals surface area (Å²) in [7, 11) is 0. The van der Waals surface area contributed by atoms with Crippen molar-refractivity contribution in [2.45, 2.75) is 51.1 Å². The number of carbonyl (C=O) groups excluding carboxylic acids is 1. The number of amides is 1. The molecule has 4 heteroatoms. The smallest absolute Gasteiger partial charge is 0.289 e. The van der Waals surface area contributed by atoms with Gasteiger partial charge >= 0.3 is 0 Å². The van der Waals surface area contributed by atoms with Crippen LogP contribution in [0.15, 0.2) is 16.5 Å². The third-order valence-corrected chi connectivity index (χ3v) is 4.34. The maximum atomic E-state index is 12.5. The fourth-order valence-electron chi connectivity index (χ4n) is 3.33. The number of rotatable bonds is 3. The summed E-state index contributed by atoms with van der Waals surface area (Å²) in [5, 5.41) is 3.53. The molecule has 0 spiro atoms. The zero-order valence-corrected chi connectivity index (χ0v) is 11.5. The second-order valence-electron chi connectivity index (χ2n) is 5.53. The standard InChI is InChI=1S/C15H22N2O2/c1-2-11-7-8-14(19-11)15(18)17-10-4-6-13(17)12-5-3-9-16-12/h7-8,12-13,16H,2-6,9-10H2,1H3. The first-order valence-electron chi connectivity index (χ1n) is 7.42. The Morgan fingerprint density at radius 3 is 3.00 bits per heavy atom. The molecule has 3 rings (SSSR count). The molecule has 0 radical (unpaired) electrons. The van der Waals surface area contributed by atoms with Gasteiger partial charge in [0, 0.05) is 25.0 Å². The van der Waals surface area contributed by atoms with Crippen molar-refractivity contribution in [1.82, 2.24) is 10.2 Å². The molecule has 104 valence electrons. The van der Waals surface area contributed by atoms with Crippen LogP contribution in [-0.2, 0) is 6.42 Å². The minimum atomic E-state index is 0.0656. The minimum Gasteiger partial charge on any atom is -0.456 e. The van der Waals surface area contributed by atoms with Gasteiger partial charge in [-0.05, 0) is 44.4 Å². The molecule has 0 aromatic carbocycles. The van der Waals surface area contributed by atoms with E-state index < -0.39 is 0 Å². The van der Waals surface area contributed by atoms with Crippen LogP contribution in [-0.4, -0.2) is 36.0 Å². The summed E-state index contributed by atoms with van der Waals surface area (Å²) in [6.45, 7) is 3.99. The summed E-state index contributed by atoms with van der Waals surface area (Å²) in [6, 6.07) is 4.56. The van der Waals surface area contributed by atoms with Crippen molar-refractivity contribution in [3.8, 4) is 0 Å². The van der Waals surface area contributed by atoms with Gasteiger partial charge in [0.2, 0.25) is 0 Å². The van der Waals surface area contributed by atoms with Crippen LogP contribution in [0.4, 0.5) is 0 Å². The molecule has 0 aliphatic carbocycles. The van der Waals surface area contributed by atoms with Gasteiger partial charge in [0.1, 0.15) is 5.76 Å². The molecule has 1 aromatic heterocycles. The van der Waals surface area contributed by atoms with Crippen molar-refractivity contribution in [3.63, 3.8) is 0 Å². The van der Waals surface area contributed by atoms with E-state index in [0.29, 0.717) is 17.8 Å². The third kappa shape index (κ3) is 2.41. The molecule has 4 nitrogen and oxygen atoms in total. The van der Waals surface area contributed by atoms with Gasteiger partial charge < -0.3 is 14.6 Å². The first kappa shape index (κ1) is 12.7. The lowest BCUT2D eigenvalue weighted by molar-refractivity contribution is 0.0677. The van der Waals surface area contributed by atoms with E-state index in [0.717, 1.165) is 38.1 Å². The Morgan fingerprint density at radius 2 is 2.32 bits per heavy atom. The molecule has 1 aromatic rings. The van der Waals surface area contributed by atoms with Gasteiger partial charge in [-0.25, -0.2) is 0 Å². The highest BCUT2D eigenvalue weighted by Gasteiger charge is 2.37. The van der Waals surface area contributed by atoms with Gasteiger partial charge in [0.25, 0.3) is 5.91 Å². The van der Waals surface area contributed by atoms with Crippen LogP contribution in [0.2, 0.25) is 0 Å². The van der Waals surface area contributed by atoms with Gasteiger partial charge in [0.05, 0.1) is 0 Å². The molecule has 2 aliphatic heterocycles. The lowest BCUT2D eigenvalue weighted by Gasteiger charge is -2.28. The fraction of sp³-hybridized carbons (Fsp3) is 0.667. The van der Waals surface area contributed by atoms with E-state index in [9.17, 15) is 4.79 Å². The Bertz CT molecular complexity index is 449. The summed E-state index contributed by atoms with van der Waals surface area (Å²) < 4.78 is 5.61. The van der Waals surface area contributed by atoms with Crippen LogP contribution in [0.5, 0.6) is 0 Å². The molecular formula is C15H22N2O2. The average molecular weight is 262 g/mol. The monoisotopic (exact) mass is 262 g/mol. The predicted octanol–water partition coefficient (Wildman–Crippen LogP) is 2.20. The van der Waals surface area contributed by atoms with Crippen molar-refractivity contribution in [3.05, 3.63) is 23.7 Å². The summed E-state index contributed by atoms with van der Waals surface area (Å²) in [5.41, 5.74) is 0.